The largest absolute Gasteiger partial charge is 0.380 e. The number of nitrogens with two attached hydrogens (primary N) is 1. The molecule has 0 radical (unpaired) electrons. The van der Waals surface area contributed by atoms with Crippen molar-refractivity contribution in [3.05, 3.63) is 18.0 Å². The lowest BCUT2D eigenvalue weighted by atomic mass is 9.77. The van der Waals surface area contributed by atoms with Crippen LogP contribution in [-0.4, -0.2) is 72.5 Å². The van der Waals surface area contributed by atoms with Gasteiger partial charge in [0, 0.05) is 38.4 Å². The fourth-order valence-electron chi connectivity index (χ4n) is 4.61. The Morgan fingerprint density at radius 1 is 0.900 bits per heavy atom. The second kappa shape index (κ2) is 6.17. The van der Waals surface area contributed by atoms with Crippen LogP contribution in [0.3, 0.4) is 0 Å². The summed E-state index contributed by atoms with van der Waals surface area (Å²) < 4.78 is 38.0. The Bertz CT molecular complexity index is 948. The first-order valence-corrected chi connectivity index (χ1v) is 9.90. The highest BCUT2D eigenvalue weighted by atomic mass is 19.3. The van der Waals surface area contributed by atoms with E-state index in [0.29, 0.717) is 0 Å². The van der Waals surface area contributed by atoms with Crippen molar-refractivity contribution in [2.45, 2.75) is 6.43 Å². The van der Waals surface area contributed by atoms with Crippen molar-refractivity contribution < 1.29 is 18.3 Å². The zero-order chi connectivity index (χ0) is 20.5. The Hall–Kier alpha value is -2.66. The van der Waals surface area contributed by atoms with Crippen LogP contribution in [0.25, 0.3) is 11.4 Å². The first-order valence-electron chi connectivity index (χ1n) is 9.90. The minimum Gasteiger partial charge on any atom is -0.380 e. The third-order valence-electron chi connectivity index (χ3n) is 6.37. The maximum Gasteiger partial charge on any atom is 0.281 e. The van der Waals surface area contributed by atoms with Gasteiger partial charge >= 0.3 is 0 Å². The number of rotatable bonds is 4. The predicted octanol–water partition coefficient (Wildman–Crippen LogP) is 1.13. The van der Waals surface area contributed by atoms with Crippen molar-refractivity contribution >= 4 is 17.6 Å². The molecule has 2 aromatic rings. The van der Waals surface area contributed by atoms with Crippen molar-refractivity contribution in [1.29, 1.82) is 0 Å². The maximum atomic E-state index is 13.6. The van der Waals surface area contributed by atoms with Gasteiger partial charge in [0.05, 0.1) is 42.8 Å². The molecule has 4 aliphatic heterocycles. The molecule has 2 aromatic heterocycles. The number of anilines is 3. The smallest absolute Gasteiger partial charge is 0.281 e. The molecule has 11 heteroatoms. The SMILES string of the molecule is Nc1ncc(-c2nc(N3CC4(COC4)C3)cc(N3CC4(COC4)C3)n2)c(C(F)F)n1. The lowest BCUT2D eigenvalue weighted by Gasteiger charge is -2.56. The van der Waals surface area contributed by atoms with Crippen LogP contribution >= 0.6 is 0 Å². The Morgan fingerprint density at radius 2 is 1.43 bits per heavy atom. The van der Waals surface area contributed by atoms with Crippen LogP contribution in [-0.2, 0) is 9.47 Å². The first kappa shape index (κ1) is 18.1. The molecule has 4 saturated heterocycles. The highest BCUT2D eigenvalue weighted by molar-refractivity contribution is 5.65. The van der Waals surface area contributed by atoms with Gasteiger partial charge in [0.2, 0.25) is 5.95 Å². The van der Waals surface area contributed by atoms with Crippen LogP contribution in [0.5, 0.6) is 0 Å². The summed E-state index contributed by atoms with van der Waals surface area (Å²) in [5, 5.41) is 0. The minimum atomic E-state index is -2.81. The Kier molecular flexibility index (Phi) is 3.73. The number of hydrogen-bond acceptors (Lipinski definition) is 9. The lowest BCUT2D eigenvalue weighted by molar-refractivity contribution is -0.127. The summed E-state index contributed by atoms with van der Waals surface area (Å²) in [4.78, 5) is 21.1. The molecule has 0 saturated carbocycles. The predicted molar refractivity (Wildman–Crippen MR) is 103 cm³/mol. The van der Waals surface area contributed by atoms with Crippen molar-refractivity contribution in [2.75, 3.05) is 68.1 Å². The average molecular weight is 417 g/mol. The van der Waals surface area contributed by atoms with Crippen LogP contribution in [0.1, 0.15) is 12.1 Å². The maximum absolute atomic E-state index is 13.6. The third kappa shape index (κ3) is 2.72. The third-order valence-corrected chi connectivity index (χ3v) is 6.37. The fourth-order valence-corrected chi connectivity index (χ4v) is 4.61. The molecular weight excluding hydrogens is 396 g/mol. The van der Waals surface area contributed by atoms with Gasteiger partial charge in [-0.05, 0) is 0 Å². The number of ether oxygens (including phenoxy) is 2. The molecule has 158 valence electrons. The van der Waals surface area contributed by atoms with Crippen LogP contribution < -0.4 is 15.5 Å². The summed E-state index contributed by atoms with van der Waals surface area (Å²) in [6.07, 6.45) is -1.53. The van der Waals surface area contributed by atoms with Crippen molar-refractivity contribution in [2.24, 2.45) is 10.8 Å². The van der Waals surface area contributed by atoms with Gasteiger partial charge in [0.1, 0.15) is 17.3 Å². The molecule has 0 aliphatic carbocycles. The van der Waals surface area contributed by atoms with Crippen LogP contribution in [0.2, 0.25) is 0 Å². The van der Waals surface area contributed by atoms with E-state index in [2.05, 4.69) is 29.7 Å². The highest BCUT2D eigenvalue weighted by Crippen LogP contribution is 2.43. The summed E-state index contributed by atoms with van der Waals surface area (Å²) in [5.41, 5.74) is 5.58. The Balaban J connectivity index is 1.37. The quantitative estimate of drug-likeness (QED) is 0.784. The summed E-state index contributed by atoms with van der Waals surface area (Å²) in [6, 6.07) is 1.93. The molecule has 4 aliphatic rings. The number of alkyl halides is 2. The molecule has 0 unspecified atom stereocenters. The standard InChI is InChI=1S/C19H21F2N7O2/c20-15(21)14-11(2-23-17(22)26-14)16-24-12(27-3-18(4-27)7-29-8-18)1-13(25-16)28-5-19(6-28)9-30-10-19/h1-2,15H,3-10H2,(H2,22,23,26). The molecule has 4 fully saturated rings. The van der Waals surface area contributed by atoms with E-state index in [1.807, 2.05) is 6.07 Å². The van der Waals surface area contributed by atoms with Gasteiger partial charge in [-0.1, -0.05) is 0 Å². The summed E-state index contributed by atoms with van der Waals surface area (Å²) in [5.74, 6) is 1.43. The van der Waals surface area contributed by atoms with E-state index in [9.17, 15) is 8.78 Å². The van der Waals surface area contributed by atoms with E-state index in [1.165, 1.54) is 6.20 Å². The monoisotopic (exact) mass is 417 g/mol. The normalized spacial score (nSPS) is 23.2. The van der Waals surface area contributed by atoms with E-state index in [0.717, 1.165) is 64.2 Å². The molecular formula is C19H21F2N7O2. The summed E-state index contributed by atoms with van der Waals surface area (Å²) in [7, 11) is 0. The van der Waals surface area contributed by atoms with Gasteiger partial charge in [0.25, 0.3) is 6.43 Å². The molecule has 0 bridgehead atoms. The van der Waals surface area contributed by atoms with Gasteiger partial charge < -0.3 is 25.0 Å². The topological polar surface area (TPSA) is 103 Å². The second-order valence-electron chi connectivity index (χ2n) is 8.93. The van der Waals surface area contributed by atoms with Gasteiger partial charge in [0.15, 0.2) is 5.82 Å². The molecule has 0 amide bonds. The van der Waals surface area contributed by atoms with Gasteiger partial charge in [-0.25, -0.2) is 28.7 Å². The molecule has 0 atom stereocenters. The number of nitrogens with zero attached hydrogens (tertiary/aromatic N) is 6. The fraction of sp³-hybridized carbons (Fsp3) is 0.579. The number of aromatic nitrogens is 4. The van der Waals surface area contributed by atoms with Gasteiger partial charge in [-0.15, -0.1) is 0 Å². The highest BCUT2D eigenvalue weighted by Gasteiger charge is 2.51. The van der Waals surface area contributed by atoms with Crippen molar-refractivity contribution in [3.63, 3.8) is 0 Å². The molecule has 2 spiro atoms. The van der Waals surface area contributed by atoms with Crippen molar-refractivity contribution in [3.8, 4) is 11.4 Å². The van der Waals surface area contributed by atoms with Crippen molar-refractivity contribution in [1.82, 2.24) is 19.9 Å². The minimum absolute atomic E-state index is 0.103. The number of hydrogen-bond donors (Lipinski definition) is 1. The Labute approximate surface area is 171 Å². The van der Waals surface area contributed by atoms with E-state index in [-0.39, 0.29) is 28.2 Å². The van der Waals surface area contributed by atoms with Gasteiger partial charge in [-0.2, -0.15) is 0 Å². The van der Waals surface area contributed by atoms with E-state index in [4.69, 9.17) is 15.2 Å². The van der Waals surface area contributed by atoms with Crippen LogP contribution in [0, 0.1) is 10.8 Å². The van der Waals surface area contributed by atoms with E-state index in [1.54, 1.807) is 0 Å². The molecule has 2 N–H and O–H groups in total. The van der Waals surface area contributed by atoms with Crippen LogP contribution in [0.15, 0.2) is 12.3 Å². The summed E-state index contributed by atoms with van der Waals surface area (Å²) >= 11 is 0. The second-order valence-corrected chi connectivity index (χ2v) is 8.93. The molecule has 6 rings (SSSR count). The summed E-state index contributed by atoms with van der Waals surface area (Å²) in [6.45, 7) is 6.35. The average Bonchev–Trinajstić information content (AvgIpc) is 2.56. The first-order chi connectivity index (χ1) is 14.4. The number of nitrogen functional groups attached to an aromatic ring is 1. The lowest BCUT2D eigenvalue weighted by Crippen LogP contribution is -2.67. The zero-order valence-corrected chi connectivity index (χ0v) is 16.2. The molecule has 0 aromatic carbocycles. The van der Waals surface area contributed by atoms with E-state index >= 15 is 0 Å². The van der Waals surface area contributed by atoms with Gasteiger partial charge in [-0.3, -0.25) is 0 Å². The molecule has 30 heavy (non-hydrogen) atoms. The number of halogens is 2. The van der Waals surface area contributed by atoms with E-state index < -0.39 is 12.1 Å². The molecule has 6 heterocycles. The zero-order valence-electron chi connectivity index (χ0n) is 16.2. The Morgan fingerprint density at radius 3 is 1.87 bits per heavy atom. The molecule has 9 nitrogen and oxygen atoms in total. The van der Waals surface area contributed by atoms with Crippen LogP contribution in [0.4, 0.5) is 26.4 Å².